The average molecular weight is 249 g/mol. The Kier molecular flexibility index (Phi) is 4.25. The summed E-state index contributed by atoms with van der Waals surface area (Å²) in [5.41, 5.74) is 3.05. The molecule has 1 fully saturated rings. The van der Waals surface area contributed by atoms with Crippen molar-refractivity contribution in [3.8, 4) is 5.75 Å². The summed E-state index contributed by atoms with van der Waals surface area (Å²) in [4.78, 5) is 0. The first-order chi connectivity index (χ1) is 8.56. The van der Waals surface area contributed by atoms with E-state index in [0.29, 0.717) is 11.8 Å². The predicted octanol–water partition coefficient (Wildman–Crippen LogP) is 2.40. The fraction of sp³-hybridized carbons (Fsp3) is 0.600. The van der Waals surface area contributed by atoms with Gasteiger partial charge in [-0.2, -0.15) is 0 Å². The second-order valence-corrected chi connectivity index (χ2v) is 5.48. The minimum absolute atomic E-state index is 0.139. The molecule has 1 aliphatic carbocycles. The Morgan fingerprint density at radius 2 is 1.89 bits per heavy atom. The molecule has 18 heavy (non-hydrogen) atoms. The molecule has 0 amide bonds. The van der Waals surface area contributed by atoms with Crippen LogP contribution in [0.5, 0.6) is 5.75 Å². The maximum Gasteiger partial charge on any atom is 0.121 e. The molecule has 1 aliphatic rings. The average Bonchev–Trinajstić information content (AvgIpc) is 2.33. The molecule has 0 heterocycles. The highest BCUT2D eigenvalue weighted by Crippen LogP contribution is 2.23. The van der Waals surface area contributed by atoms with E-state index in [4.69, 9.17) is 0 Å². The number of nitrogens with one attached hydrogen (secondary N) is 1. The first kappa shape index (κ1) is 13.4. The predicted molar refractivity (Wildman–Crippen MR) is 72.7 cm³/mol. The smallest absolute Gasteiger partial charge is 0.121 e. The number of aliphatic hydroxyl groups is 1. The van der Waals surface area contributed by atoms with Crippen LogP contribution in [-0.4, -0.2) is 22.4 Å². The van der Waals surface area contributed by atoms with Crippen molar-refractivity contribution in [1.29, 1.82) is 0 Å². The van der Waals surface area contributed by atoms with Gasteiger partial charge in [0, 0.05) is 12.6 Å². The fourth-order valence-corrected chi connectivity index (χ4v) is 2.76. The van der Waals surface area contributed by atoms with Crippen molar-refractivity contribution >= 4 is 0 Å². The molecule has 1 saturated carbocycles. The molecule has 2 unspecified atom stereocenters. The van der Waals surface area contributed by atoms with Gasteiger partial charge in [-0.3, -0.25) is 0 Å². The number of phenolic OH excluding ortho intramolecular Hbond substituents is 1. The largest absolute Gasteiger partial charge is 0.507 e. The zero-order valence-corrected chi connectivity index (χ0v) is 11.2. The van der Waals surface area contributed by atoms with E-state index in [0.717, 1.165) is 43.4 Å². The lowest BCUT2D eigenvalue weighted by molar-refractivity contribution is 0.111. The summed E-state index contributed by atoms with van der Waals surface area (Å²) in [6, 6.07) is 4.46. The van der Waals surface area contributed by atoms with Gasteiger partial charge < -0.3 is 15.5 Å². The van der Waals surface area contributed by atoms with Crippen molar-refractivity contribution in [2.75, 3.05) is 0 Å². The number of phenols is 1. The number of hydrogen-bond acceptors (Lipinski definition) is 3. The molecule has 1 aromatic carbocycles. The minimum atomic E-state index is -0.139. The molecule has 3 heteroatoms. The van der Waals surface area contributed by atoms with Crippen LogP contribution in [0.1, 0.15) is 42.4 Å². The summed E-state index contributed by atoms with van der Waals surface area (Å²) in [5.74, 6) is 0.395. The van der Waals surface area contributed by atoms with Crippen molar-refractivity contribution in [3.05, 3.63) is 28.8 Å². The van der Waals surface area contributed by atoms with Gasteiger partial charge in [0.25, 0.3) is 0 Å². The zero-order valence-electron chi connectivity index (χ0n) is 11.2. The normalized spacial score (nSPS) is 24.2. The van der Waals surface area contributed by atoms with Crippen LogP contribution in [0, 0.1) is 13.8 Å². The third-order valence-corrected chi connectivity index (χ3v) is 3.79. The fourth-order valence-electron chi connectivity index (χ4n) is 2.76. The second kappa shape index (κ2) is 5.72. The van der Waals surface area contributed by atoms with Crippen molar-refractivity contribution in [2.45, 2.75) is 58.2 Å². The van der Waals surface area contributed by atoms with Crippen LogP contribution < -0.4 is 5.32 Å². The number of aliphatic hydroxyl groups excluding tert-OH is 1. The Morgan fingerprint density at radius 3 is 2.50 bits per heavy atom. The van der Waals surface area contributed by atoms with E-state index < -0.39 is 0 Å². The summed E-state index contributed by atoms with van der Waals surface area (Å²) in [6.45, 7) is 4.66. The van der Waals surface area contributed by atoms with Gasteiger partial charge in [0.15, 0.2) is 0 Å². The Hall–Kier alpha value is -1.06. The molecule has 2 atom stereocenters. The van der Waals surface area contributed by atoms with Gasteiger partial charge in [0.05, 0.1) is 6.10 Å². The summed E-state index contributed by atoms with van der Waals surface area (Å²) in [5, 5.41) is 22.9. The van der Waals surface area contributed by atoms with Gasteiger partial charge in [0.1, 0.15) is 5.75 Å². The van der Waals surface area contributed by atoms with Crippen LogP contribution in [0.15, 0.2) is 12.1 Å². The monoisotopic (exact) mass is 249 g/mol. The summed E-state index contributed by atoms with van der Waals surface area (Å²) in [7, 11) is 0. The van der Waals surface area contributed by atoms with Crippen molar-refractivity contribution in [1.82, 2.24) is 5.32 Å². The van der Waals surface area contributed by atoms with Crippen LogP contribution in [0.2, 0.25) is 0 Å². The van der Waals surface area contributed by atoms with E-state index in [1.165, 1.54) is 5.56 Å². The van der Waals surface area contributed by atoms with Gasteiger partial charge in [-0.15, -0.1) is 0 Å². The molecule has 3 N–H and O–H groups in total. The zero-order chi connectivity index (χ0) is 13.1. The van der Waals surface area contributed by atoms with Gasteiger partial charge in [-0.1, -0.05) is 12.1 Å². The van der Waals surface area contributed by atoms with Crippen LogP contribution >= 0.6 is 0 Å². The van der Waals surface area contributed by atoms with Gasteiger partial charge in [0.2, 0.25) is 0 Å². The Balaban J connectivity index is 1.94. The lowest BCUT2D eigenvalue weighted by atomic mass is 9.93. The Morgan fingerprint density at radius 1 is 1.22 bits per heavy atom. The molecule has 0 radical (unpaired) electrons. The number of benzene rings is 1. The first-order valence-corrected chi connectivity index (χ1v) is 6.77. The van der Waals surface area contributed by atoms with Crippen LogP contribution in [-0.2, 0) is 6.54 Å². The molecular weight excluding hydrogens is 226 g/mol. The molecule has 0 aliphatic heterocycles. The van der Waals surface area contributed by atoms with Gasteiger partial charge in [-0.25, -0.2) is 0 Å². The first-order valence-electron chi connectivity index (χ1n) is 6.77. The Labute approximate surface area is 109 Å². The molecule has 3 nitrogen and oxygen atoms in total. The maximum atomic E-state index is 9.73. The minimum Gasteiger partial charge on any atom is -0.507 e. The van der Waals surface area contributed by atoms with Crippen LogP contribution in [0.25, 0.3) is 0 Å². The summed E-state index contributed by atoms with van der Waals surface area (Å²) in [6.07, 6.45) is 3.91. The van der Waals surface area contributed by atoms with Crippen molar-refractivity contribution < 1.29 is 10.2 Å². The van der Waals surface area contributed by atoms with E-state index in [2.05, 4.69) is 5.32 Å². The molecule has 2 rings (SSSR count). The van der Waals surface area contributed by atoms with Crippen LogP contribution in [0.4, 0.5) is 0 Å². The number of aryl methyl sites for hydroxylation is 2. The summed E-state index contributed by atoms with van der Waals surface area (Å²) >= 11 is 0. The van der Waals surface area contributed by atoms with E-state index >= 15 is 0 Å². The van der Waals surface area contributed by atoms with E-state index in [-0.39, 0.29) is 6.10 Å². The molecule has 0 bridgehead atoms. The SMILES string of the molecule is Cc1cc(CNC2CCCC(O)C2)cc(C)c1O. The Bertz CT molecular complexity index is 394. The molecule has 0 spiro atoms. The van der Waals surface area contributed by atoms with E-state index in [1.807, 2.05) is 26.0 Å². The highest BCUT2D eigenvalue weighted by atomic mass is 16.3. The molecule has 100 valence electrons. The number of aromatic hydroxyl groups is 1. The van der Waals surface area contributed by atoms with Crippen molar-refractivity contribution in [3.63, 3.8) is 0 Å². The molecule has 0 saturated heterocycles. The number of rotatable bonds is 3. The highest BCUT2D eigenvalue weighted by molar-refractivity contribution is 5.42. The lowest BCUT2D eigenvalue weighted by Gasteiger charge is -2.27. The third kappa shape index (κ3) is 3.24. The third-order valence-electron chi connectivity index (χ3n) is 3.79. The quantitative estimate of drug-likeness (QED) is 0.771. The number of hydrogen-bond donors (Lipinski definition) is 3. The standard InChI is InChI=1S/C15H23NO2/c1-10-6-12(7-11(2)15(10)18)9-16-13-4-3-5-14(17)8-13/h6-7,13-14,16-18H,3-5,8-9H2,1-2H3. The molecule has 0 aromatic heterocycles. The van der Waals surface area contributed by atoms with Crippen molar-refractivity contribution in [2.24, 2.45) is 0 Å². The lowest BCUT2D eigenvalue weighted by Crippen LogP contribution is -2.35. The van der Waals surface area contributed by atoms with E-state index in [9.17, 15) is 10.2 Å². The van der Waals surface area contributed by atoms with Crippen LogP contribution in [0.3, 0.4) is 0 Å². The molecule has 1 aromatic rings. The van der Waals surface area contributed by atoms with Gasteiger partial charge >= 0.3 is 0 Å². The summed E-state index contributed by atoms with van der Waals surface area (Å²) < 4.78 is 0. The highest BCUT2D eigenvalue weighted by Gasteiger charge is 2.19. The topological polar surface area (TPSA) is 52.5 Å². The molecular formula is C15H23NO2. The maximum absolute atomic E-state index is 9.73. The van der Waals surface area contributed by atoms with Gasteiger partial charge in [-0.05, 0) is 56.2 Å². The van der Waals surface area contributed by atoms with E-state index in [1.54, 1.807) is 0 Å². The second-order valence-electron chi connectivity index (χ2n) is 5.48.